The van der Waals surface area contributed by atoms with Crippen LogP contribution in [0.5, 0.6) is 5.75 Å². The van der Waals surface area contributed by atoms with Crippen LogP contribution in [0.1, 0.15) is 12.0 Å². The number of anilines is 1. The van der Waals surface area contributed by atoms with Crippen molar-refractivity contribution in [2.75, 3.05) is 38.2 Å². The molecule has 0 bridgehead atoms. The number of methoxy groups -OCH3 is 1. The van der Waals surface area contributed by atoms with Crippen LogP contribution in [-0.2, 0) is 11.2 Å². The Bertz CT molecular complexity index is 816. The molecular weight excluding hydrogens is 346 g/mol. The summed E-state index contributed by atoms with van der Waals surface area (Å²) in [6.45, 7) is 2.57. The summed E-state index contributed by atoms with van der Waals surface area (Å²) in [5.41, 5.74) is 1.94. The van der Waals surface area contributed by atoms with Crippen molar-refractivity contribution in [3.8, 4) is 5.75 Å². The van der Waals surface area contributed by atoms with Gasteiger partial charge in [0.05, 0.1) is 12.0 Å². The molecule has 0 N–H and O–H groups in total. The SMILES string of the molecule is COc1ccccc1CCC(=O)N1CCN(c2cccc([N+](=O)[O-])c2)CC1. The van der Waals surface area contributed by atoms with Crippen molar-refractivity contribution in [3.05, 3.63) is 64.2 Å². The van der Waals surface area contributed by atoms with Crippen LogP contribution in [0.15, 0.2) is 48.5 Å². The Kier molecular flexibility index (Phi) is 5.90. The number of carbonyl (C=O) groups is 1. The molecule has 0 aliphatic carbocycles. The van der Waals surface area contributed by atoms with E-state index in [0.29, 0.717) is 39.0 Å². The molecule has 2 aromatic rings. The number of nitro benzene ring substituents is 1. The van der Waals surface area contributed by atoms with Crippen LogP contribution in [-0.4, -0.2) is 49.0 Å². The van der Waals surface area contributed by atoms with Crippen LogP contribution in [0, 0.1) is 10.1 Å². The zero-order valence-corrected chi connectivity index (χ0v) is 15.3. The first-order valence-electron chi connectivity index (χ1n) is 8.97. The highest BCUT2D eigenvalue weighted by Gasteiger charge is 2.22. The third-order valence-electron chi connectivity index (χ3n) is 4.84. The summed E-state index contributed by atoms with van der Waals surface area (Å²) in [6.07, 6.45) is 1.09. The number of hydrogen-bond acceptors (Lipinski definition) is 5. The van der Waals surface area contributed by atoms with E-state index in [1.165, 1.54) is 6.07 Å². The van der Waals surface area contributed by atoms with Gasteiger partial charge in [-0.15, -0.1) is 0 Å². The van der Waals surface area contributed by atoms with Gasteiger partial charge in [0.15, 0.2) is 0 Å². The van der Waals surface area contributed by atoms with Gasteiger partial charge >= 0.3 is 0 Å². The number of carbonyl (C=O) groups excluding carboxylic acids is 1. The van der Waals surface area contributed by atoms with Crippen LogP contribution in [0.3, 0.4) is 0 Å². The van der Waals surface area contributed by atoms with Gasteiger partial charge in [-0.05, 0) is 24.1 Å². The number of rotatable bonds is 6. The molecule has 1 aliphatic heterocycles. The summed E-state index contributed by atoms with van der Waals surface area (Å²) in [5.74, 6) is 0.931. The number of aryl methyl sites for hydroxylation is 1. The monoisotopic (exact) mass is 369 g/mol. The molecular formula is C20H23N3O4. The van der Waals surface area contributed by atoms with Gasteiger partial charge in [-0.3, -0.25) is 14.9 Å². The third-order valence-corrected chi connectivity index (χ3v) is 4.84. The summed E-state index contributed by atoms with van der Waals surface area (Å²) in [5, 5.41) is 10.9. The summed E-state index contributed by atoms with van der Waals surface area (Å²) >= 11 is 0. The third kappa shape index (κ3) is 4.55. The molecule has 1 heterocycles. The predicted octanol–water partition coefficient (Wildman–Crippen LogP) is 2.88. The van der Waals surface area contributed by atoms with Crippen molar-refractivity contribution in [1.29, 1.82) is 0 Å². The van der Waals surface area contributed by atoms with Gasteiger partial charge in [0.1, 0.15) is 5.75 Å². The molecule has 0 atom stereocenters. The summed E-state index contributed by atoms with van der Waals surface area (Å²) in [4.78, 5) is 27.0. The lowest BCUT2D eigenvalue weighted by atomic mass is 10.1. The van der Waals surface area contributed by atoms with Crippen molar-refractivity contribution in [3.63, 3.8) is 0 Å². The molecule has 0 saturated carbocycles. The number of nitro groups is 1. The lowest BCUT2D eigenvalue weighted by Gasteiger charge is -2.36. The predicted molar refractivity (Wildman–Crippen MR) is 103 cm³/mol. The molecule has 2 aromatic carbocycles. The maximum absolute atomic E-state index is 12.5. The van der Waals surface area contributed by atoms with E-state index in [4.69, 9.17) is 4.74 Å². The van der Waals surface area contributed by atoms with Crippen molar-refractivity contribution in [2.24, 2.45) is 0 Å². The zero-order chi connectivity index (χ0) is 19.2. The van der Waals surface area contributed by atoms with Crippen LogP contribution in [0.4, 0.5) is 11.4 Å². The van der Waals surface area contributed by atoms with E-state index >= 15 is 0 Å². The van der Waals surface area contributed by atoms with Crippen molar-refractivity contribution >= 4 is 17.3 Å². The second-order valence-corrected chi connectivity index (χ2v) is 6.46. The maximum atomic E-state index is 12.5. The van der Waals surface area contributed by atoms with Crippen LogP contribution in [0.2, 0.25) is 0 Å². The molecule has 142 valence electrons. The number of ether oxygens (including phenoxy) is 1. The quantitative estimate of drug-likeness (QED) is 0.578. The molecule has 7 heteroatoms. The van der Waals surface area contributed by atoms with E-state index in [2.05, 4.69) is 4.90 Å². The Hall–Kier alpha value is -3.09. The zero-order valence-electron chi connectivity index (χ0n) is 15.3. The smallest absolute Gasteiger partial charge is 0.271 e. The molecule has 3 rings (SSSR count). The first-order valence-corrected chi connectivity index (χ1v) is 8.97. The molecule has 1 aliphatic rings. The Morgan fingerprint density at radius 2 is 1.85 bits per heavy atom. The molecule has 27 heavy (non-hydrogen) atoms. The lowest BCUT2D eigenvalue weighted by molar-refractivity contribution is -0.384. The lowest BCUT2D eigenvalue weighted by Crippen LogP contribution is -2.48. The topological polar surface area (TPSA) is 75.9 Å². The largest absolute Gasteiger partial charge is 0.496 e. The standard InChI is InChI=1S/C20H23N3O4/c1-27-19-8-3-2-5-16(19)9-10-20(24)22-13-11-21(12-14-22)17-6-4-7-18(15-17)23(25)26/h2-8,15H,9-14H2,1H3. The van der Waals surface area contributed by atoms with E-state index in [1.54, 1.807) is 19.2 Å². The van der Waals surface area contributed by atoms with E-state index in [0.717, 1.165) is 17.0 Å². The van der Waals surface area contributed by atoms with E-state index in [9.17, 15) is 14.9 Å². The molecule has 0 aromatic heterocycles. The molecule has 0 spiro atoms. The fourth-order valence-corrected chi connectivity index (χ4v) is 3.33. The summed E-state index contributed by atoms with van der Waals surface area (Å²) in [6, 6.07) is 14.4. The number of para-hydroxylation sites is 1. The molecule has 0 radical (unpaired) electrons. The fraction of sp³-hybridized carbons (Fsp3) is 0.350. The van der Waals surface area contributed by atoms with Gasteiger partial charge in [-0.25, -0.2) is 0 Å². The maximum Gasteiger partial charge on any atom is 0.271 e. The van der Waals surface area contributed by atoms with Gasteiger partial charge in [-0.2, -0.15) is 0 Å². The minimum atomic E-state index is -0.388. The second-order valence-electron chi connectivity index (χ2n) is 6.46. The van der Waals surface area contributed by atoms with Gasteiger partial charge in [0, 0.05) is 50.4 Å². The highest BCUT2D eigenvalue weighted by Crippen LogP contribution is 2.23. The molecule has 1 saturated heterocycles. The molecule has 7 nitrogen and oxygen atoms in total. The van der Waals surface area contributed by atoms with Crippen molar-refractivity contribution in [1.82, 2.24) is 4.90 Å². The molecule has 0 unspecified atom stereocenters. The number of hydrogen-bond donors (Lipinski definition) is 0. The number of amides is 1. The normalized spacial score (nSPS) is 14.1. The number of nitrogens with zero attached hydrogens (tertiary/aromatic N) is 3. The second kappa shape index (κ2) is 8.53. The van der Waals surface area contributed by atoms with Gasteiger partial charge < -0.3 is 14.5 Å². The molecule has 1 amide bonds. The highest BCUT2D eigenvalue weighted by molar-refractivity contribution is 5.77. The van der Waals surface area contributed by atoms with Crippen molar-refractivity contribution in [2.45, 2.75) is 12.8 Å². The fourth-order valence-electron chi connectivity index (χ4n) is 3.33. The molecule has 1 fully saturated rings. The highest BCUT2D eigenvalue weighted by atomic mass is 16.6. The van der Waals surface area contributed by atoms with Crippen LogP contribution in [0.25, 0.3) is 0 Å². The number of piperazine rings is 1. The van der Waals surface area contributed by atoms with Crippen LogP contribution >= 0.6 is 0 Å². The summed E-state index contributed by atoms with van der Waals surface area (Å²) < 4.78 is 5.33. The van der Waals surface area contributed by atoms with Crippen LogP contribution < -0.4 is 9.64 Å². The minimum Gasteiger partial charge on any atom is -0.496 e. The van der Waals surface area contributed by atoms with Gasteiger partial charge in [0.25, 0.3) is 5.69 Å². The number of non-ortho nitro benzene ring substituents is 1. The first kappa shape index (κ1) is 18.7. The van der Waals surface area contributed by atoms with E-state index in [1.807, 2.05) is 35.2 Å². The Morgan fingerprint density at radius 3 is 2.56 bits per heavy atom. The van der Waals surface area contributed by atoms with Gasteiger partial charge in [0.2, 0.25) is 5.91 Å². The van der Waals surface area contributed by atoms with Gasteiger partial charge in [-0.1, -0.05) is 24.3 Å². The Balaban J connectivity index is 1.53. The average Bonchev–Trinajstić information content (AvgIpc) is 2.72. The average molecular weight is 369 g/mol. The summed E-state index contributed by atoms with van der Waals surface area (Å²) in [7, 11) is 1.63. The first-order chi connectivity index (χ1) is 13.1. The Labute approximate surface area is 158 Å². The van der Waals surface area contributed by atoms with E-state index in [-0.39, 0.29) is 16.5 Å². The van der Waals surface area contributed by atoms with Crippen molar-refractivity contribution < 1.29 is 14.5 Å². The van der Waals surface area contributed by atoms with E-state index < -0.39 is 0 Å². The Morgan fingerprint density at radius 1 is 1.11 bits per heavy atom. The number of benzene rings is 2. The minimum absolute atomic E-state index is 0.0859.